The van der Waals surface area contributed by atoms with Gasteiger partial charge in [-0.15, -0.1) is 48.3 Å². The van der Waals surface area contributed by atoms with Crippen molar-refractivity contribution in [1.82, 2.24) is 9.55 Å². The van der Waals surface area contributed by atoms with Crippen LogP contribution in [0.15, 0.2) is 231 Å². The number of rotatable bonds is 10. The number of hydrogen-bond acceptors (Lipinski definition) is 4. The number of pyridine rings is 1. The van der Waals surface area contributed by atoms with E-state index in [0.29, 0.717) is 11.5 Å². The maximum absolute atomic E-state index is 7.08. The molecule has 2 aromatic heterocycles. The van der Waals surface area contributed by atoms with Gasteiger partial charge in [-0.1, -0.05) is 243 Å². The van der Waals surface area contributed by atoms with Gasteiger partial charge < -0.3 is 19.1 Å². The van der Waals surface area contributed by atoms with Crippen LogP contribution in [0.25, 0.3) is 83.3 Å². The summed E-state index contributed by atoms with van der Waals surface area (Å²) in [6.45, 7) is 24.7. The molecule has 10 aromatic carbocycles. The van der Waals surface area contributed by atoms with Crippen molar-refractivity contribution in [2.75, 3.05) is 9.80 Å². The Morgan fingerprint density at radius 3 is 1.56 bits per heavy atom. The van der Waals surface area contributed by atoms with Gasteiger partial charge in [0.25, 0.3) is 0 Å². The number of nitrogens with zero attached hydrogens (tertiary/aromatic N) is 4. The molecule has 13 rings (SSSR count). The minimum atomic E-state index is -0.00334. The van der Waals surface area contributed by atoms with Crippen molar-refractivity contribution in [3.8, 4) is 73.0 Å². The van der Waals surface area contributed by atoms with Crippen LogP contribution in [-0.4, -0.2) is 9.55 Å². The first-order valence-electron chi connectivity index (χ1n) is 29.3. The second-order valence-electron chi connectivity index (χ2n) is 25.5. The first-order valence-corrected chi connectivity index (χ1v) is 29.3. The topological polar surface area (TPSA) is 33.5 Å². The van der Waals surface area contributed by atoms with Crippen molar-refractivity contribution < 1.29 is 25.8 Å². The van der Waals surface area contributed by atoms with E-state index in [1.807, 2.05) is 12.3 Å². The first kappa shape index (κ1) is 56.7. The second-order valence-corrected chi connectivity index (χ2v) is 25.5. The summed E-state index contributed by atoms with van der Waals surface area (Å²) in [4.78, 5) is 9.83. The molecule has 0 saturated heterocycles. The number of benzene rings is 10. The van der Waals surface area contributed by atoms with Gasteiger partial charge in [0.05, 0.1) is 0 Å². The fraction of sp³-hybridized carbons (Fsp3) is 0.165. The number of fused-ring (bicyclic) bond motifs is 4. The molecule has 3 heterocycles. The number of ether oxygens (including phenoxy) is 1. The van der Waals surface area contributed by atoms with Crippen molar-refractivity contribution in [1.29, 1.82) is 0 Å². The molecule has 0 amide bonds. The fourth-order valence-electron chi connectivity index (χ4n) is 11.9. The molecule has 0 bridgehead atoms. The van der Waals surface area contributed by atoms with E-state index >= 15 is 0 Å². The quantitative estimate of drug-likeness (QED) is 0.128. The summed E-state index contributed by atoms with van der Waals surface area (Å²) in [5.74, 6) is 1.95. The maximum Gasteiger partial charge on any atom is 0.135 e. The zero-order chi connectivity index (χ0) is 58.1. The van der Waals surface area contributed by atoms with Crippen LogP contribution in [0, 0.1) is 25.7 Å². The molecule has 5 nitrogen and oxygen atoms in total. The predicted molar refractivity (Wildman–Crippen MR) is 352 cm³/mol. The zero-order valence-electron chi connectivity index (χ0n) is 50.0. The summed E-state index contributed by atoms with van der Waals surface area (Å²) in [5, 5.41) is 2.20. The largest absolute Gasteiger partial charge is 0.509 e. The van der Waals surface area contributed by atoms with Crippen LogP contribution in [0.1, 0.15) is 84.6 Å². The summed E-state index contributed by atoms with van der Waals surface area (Å²) in [6.07, 6.45) is 2.02. The third-order valence-electron chi connectivity index (χ3n) is 16.6. The summed E-state index contributed by atoms with van der Waals surface area (Å²) in [7, 11) is 0. The molecular formula is C79H69N4OPt-3. The Hall–Kier alpha value is -8.76. The van der Waals surface area contributed by atoms with Crippen molar-refractivity contribution in [3.63, 3.8) is 0 Å². The molecule has 0 atom stereocenters. The predicted octanol–water partition coefficient (Wildman–Crippen LogP) is 21.5. The van der Waals surface area contributed by atoms with Gasteiger partial charge in [0.2, 0.25) is 0 Å². The van der Waals surface area contributed by atoms with Crippen molar-refractivity contribution in [3.05, 3.63) is 272 Å². The van der Waals surface area contributed by atoms with Gasteiger partial charge in [-0.3, -0.25) is 0 Å². The average molecular weight is 1290 g/mol. The van der Waals surface area contributed by atoms with E-state index in [0.717, 1.165) is 100 Å². The number of anilines is 4. The first-order chi connectivity index (χ1) is 40.4. The number of aryl methyl sites for hydroxylation is 1. The summed E-state index contributed by atoms with van der Waals surface area (Å²) in [6, 6.07) is 88.6. The summed E-state index contributed by atoms with van der Waals surface area (Å²) >= 11 is 0. The maximum atomic E-state index is 7.08. The Bertz CT molecular complexity index is 4420. The van der Waals surface area contributed by atoms with E-state index in [4.69, 9.17) is 9.72 Å². The molecule has 85 heavy (non-hydrogen) atoms. The van der Waals surface area contributed by atoms with Gasteiger partial charge in [-0.25, -0.2) is 4.98 Å². The molecule has 1 aliphatic rings. The van der Waals surface area contributed by atoms with Crippen molar-refractivity contribution >= 4 is 44.6 Å². The molecular weight excluding hydrogens is 1220 g/mol. The van der Waals surface area contributed by atoms with E-state index in [1.165, 1.54) is 27.8 Å². The van der Waals surface area contributed by atoms with E-state index in [1.54, 1.807) is 0 Å². The Morgan fingerprint density at radius 1 is 0.424 bits per heavy atom. The van der Waals surface area contributed by atoms with Crippen LogP contribution < -0.4 is 14.5 Å². The zero-order valence-corrected chi connectivity index (χ0v) is 52.3. The smallest absolute Gasteiger partial charge is 0.135 e. The van der Waals surface area contributed by atoms with Gasteiger partial charge in [0, 0.05) is 78.0 Å². The van der Waals surface area contributed by atoms with E-state index in [2.05, 4.69) is 321 Å². The number of hydrogen-bond donors (Lipinski definition) is 0. The molecule has 424 valence electrons. The molecule has 0 fully saturated rings. The van der Waals surface area contributed by atoms with Gasteiger partial charge in [-0.2, -0.15) is 6.07 Å². The Kier molecular flexibility index (Phi) is 14.9. The molecule has 0 spiro atoms. The Morgan fingerprint density at radius 2 is 0.941 bits per heavy atom. The standard InChI is InChI=1S/C79H69N4O.Pt/c1-52-45-74(80-50-69(52)56-37-43-61(44-38-56)79(8,9)10)83-70-30-15-14-27-67(70)75-68(55-35-41-60(42-36-55)78(5,6)7)48-64(49-73(75)83)84-63-26-19-25-62(47-63)81-51-82(72-32-17-16-31-71(72)81)76-65(54-33-39-59(40-34-54)77(2,3)4)28-20-29-66(76)58-24-18-23-57(46-58)53-21-12-11-13-22-53;/h11-46,48,50-51H,1-10H3;/q-3;. The Labute approximate surface area is 516 Å². The van der Waals surface area contributed by atoms with Crippen LogP contribution in [0.4, 0.5) is 22.7 Å². The Balaban J connectivity index is 0.00000709. The minimum Gasteiger partial charge on any atom is -0.509 e. The second kappa shape index (κ2) is 22.3. The molecule has 0 saturated carbocycles. The van der Waals surface area contributed by atoms with Gasteiger partial charge >= 0.3 is 0 Å². The van der Waals surface area contributed by atoms with Gasteiger partial charge in [0.15, 0.2) is 0 Å². The molecule has 0 aliphatic carbocycles. The monoisotopic (exact) mass is 1280 g/mol. The van der Waals surface area contributed by atoms with Crippen LogP contribution in [-0.2, 0) is 37.3 Å². The van der Waals surface area contributed by atoms with Crippen molar-refractivity contribution in [2.45, 2.75) is 85.5 Å². The summed E-state index contributed by atoms with van der Waals surface area (Å²) < 4.78 is 9.33. The summed E-state index contributed by atoms with van der Waals surface area (Å²) in [5.41, 5.74) is 22.3. The SMILES string of the molecule is Cc1cc(-n2c3[c-]c(Oc4[c-]c(N5[CH-]N(c6c(-c7ccc(C(C)(C)C)cc7)cccc6-c6cccc(-c7ccccc7)c6)c6ccccc65)ccc4)cc(-c4ccc(C(C)(C)C)cc4)c3c3ccccc32)ncc1-c1ccc(C(C)(C)C)cc1.[Pt]. The minimum absolute atomic E-state index is 0. The molecule has 0 unspecified atom stereocenters. The molecule has 0 N–H and O–H groups in total. The van der Waals surface area contributed by atoms with Crippen LogP contribution in [0.5, 0.6) is 11.5 Å². The van der Waals surface area contributed by atoms with E-state index < -0.39 is 0 Å². The number of aromatic nitrogens is 2. The molecule has 6 heteroatoms. The third kappa shape index (κ3) is 10.9. The van der Waals surface area contributed by atoms with Crippen LogP contribution >= 0.6 is 0 Å². The van der Waals surface area contributed by atoms with Gasteiger partial charge in [-0.05, 0) is 115 Å². The molecule has 1 aliphatic heterocycles. The average Bonchev–Trinajstić information content (AvgIpc) is 1.77. The normalized spacial score (nSPS) is 12.6. The van der Waals surface area contributed by atoms with Crippen LogP contribution in [0.3, 0.4) is 0 Å². The van der Waals surface area contributed by atoms with E-state index in [-0.39, 0.29) is 37.3 Å². The molecule has 0 radical (unpaired) electrons. The van der Waals surface area contributed by atoms with Crippen molar-refractivity contribution in [2.24, 2.45) is 0 Å². The number of para-hydroxylation sites is 4. The van der Waals surface area contributed by atoms with Gasteiger partial charge in [0.1, 0.15) is 5.82 Å². The van der Waals surface area contributed by atoms with E-state index in [9.17, 15) is 0 Å². The van der Waals surface area contributed by atoms with Crippen LogP contribution in [0.2, 0.25) is 0 Å². The fourth-order valence-corrected chi connectivity index (χ4v) is 11.9. The molecule has 12 aromatic rings. The third-order valence-corrected chi connectivity index (χ3v) is 16.6.